The number of carboxylic acids is 1. The Bertz CT molecular complexity index is 272. The Kier molecular flexibility index (Phi) is 2.38. The molecule has 12 heavy (non-hydrogen) atoms. The van der Waals surface area contributed by atoms with Crippen molar-refractivity contribution in [3.8, 4) is 0 Å². The smallest absolute Gasteiger partial charge is 0.324 e. The first-order chi connectivity index (χ1) is 5.61. The molecule has 66 valence electrons. The average Bonchev–Trinajstić information content (AvgIpc) is 2.28. The van der Waals surface area contributed by atoms with Gasteiger partial charge in [-0.15, -0.1) is 0 Å². The van der Waals surface area contributed by atoms with Crippen molar-refractivity contribution in [3.63, 3.8) is 0 Å². The highest BCUT2D eigenvalue weighted by atomic mass is 16.4. The molecule has 1 rings (SSSR count). The van der Waals surface area contributed by atoms with Gasteiger partial charge in [0.05, 0.1) is 0 Å². The molecule has 0 aliphatic heterocycles. The van der Waals surface area contributed by atoms with Gasteiger partial charge in [-0.2, -0.15) is 0 Å². The van der Waals surface area contributed by atoms with E-state index in [1.54, 1.807) is 4.68 Å². The minimum atomic E-state index is -0.859. The first-order valence-electron chi connectivity index (χ1n) is 3.72. The number of hydrogen-bond acceptors (Lipinski definition) is 2. The third-order valence-electron chi connectivity index (χ3n) is 1.66. The summed E-state index contributed by atoms with van der Waals surface area (Å²) in [6.45, 7) is 3.78. The molecule has 0 atom stereocenters. The highest BCUT2D eigenvalue weighted by Crippen LogP contribution is 2.03. The van der Waals surface area contributed by atoms with Gasteiger partial charge in [0.2, 0.25) is 0 Å². The highest BCUT2D eigenvalue weighted by Gasteiger charge is 2.01. The van der Waals surface area contributed by atoms with E-state index < -0.39 is 5.97 Å². The van der Waals surface area contributed by atoms with Crippen LogP contribution in [0.3, 0.4) is 0 Å². The minimum Gasteiger partial charge on any atom is -0.480 e. The Morgan fingerprint density at radius 1 is 1.50 bits per heavy atom. The van der Waals surface area contributed by atoms with Crippen LogP contribution < -0.4 is 5.43 Å². The normalized spacial score (nSPS) is 9.83. The van der Waals surface area contributed by atoms with Crippen molar-refractivity contribution < 1.29 is 9.90 Å². The van der Waals surface area contributed by atoms with E-state index in [-0.39, 0.29) is 6.54 Å². The standard InChI is InChI=1S/C8H12N2O2/c1-6-3-4-7(2)10(6)9-5-8(11)12/h3-4,9H,5H2,1-2H3,(H,11,12). The highest BCUT2D eigenvalue weighted by molar-refractivity contribution is 5.70. The summed E-state index contributed by atoms with van der Waals surface area (Å²) in [7, 11) is 0. The van der Waals surface area contributed by atoms with Gasteiger partial charge in [-0.3, -0.25) is 9.47 Å². The van der Waals surface area contributed by atoms with Gasteiger partial charge in [-0.1, -0.05) is 0 Å². The van der Waals surface area contributed by atoms with Crippen LogP contribution in [0.25, 0.3) is 0 Å². The molecule has 0 amide bonds. The maximum Gasteiger partial charge on any atom is 0.324 e. The summed E-state index contributed by atoms with van der Waals surface area (Å²) in [5.74, 6) is -0.859. The molecule has 0 unspecified atom stereocenters. The number of carboxylic acid groups (broad SMARTS) is 1. The van der Waals surface area contributed by atoms with E-state index in [9.17, 15) is 4.79 Å². The van der Waals surface area contributed by atoms with Gasteiger partial charge in [0, 0.05) is 11.4 Å². The largest absolute Gasteiger partial charge is 0.480 e. The predicted molar refractivity (Wildman–Crippen MR) is 45.8 cm³/mol. The lowest BCUT2D eigenvalue weighted by molar-refractivity contribution is -0.135. The lowest BCUT2D eigenvalue weighted by Crippen LogP contribution is -2.23. The van der Waals surface area contributed by atoms with Crippen LogP contribution in [0.4, 0.5) is 0 Å². The fourth-order valence-corrected chi connectivity index (χ4v) is 1.06. The van der Waals surface area contributed by atoms with Gasteiger partial charge in [-0.05, 0) is 26.0 Å². The summed E-state index contributed by atoms with van der Waals surface area (Å²) in [5.41, 5.74) is 4.79. The lowest BCUT2D eigenvalue weighted by Gasteiger charge is -2.09. The fourth-order valence-electron chi connectivity index (χ4n) is 1.06. The zero-order valence-electron chi connectivity index (χ0n) is 7.16. The Morgan fingerprint density at radius 3 is 2.42 bits per heavy atom. The summed E-state index contributed by atoms with van der Waals surface area (Å²) in [6.07, 6.45) is 0. The maximum atomic E-state index is 10.2. The number of hydrogen-bond donors (Lipinski definition) is 2. The first-order valence-corrected chi connectivity index (χ1v) is 3.72. The van der Waals surface area contributed by atoms with E-state index >= 15 is 0 Å². The van der Waals surface area contributed by atoms with E-state index in [4.69, 9.17) is 5.11 Å². The van der Waals surface area contributed by atoms with Crippen molar-refractivity contribution in [2.45, 2.75) is 13.8 Å². The van der Waals surface area contributed by atoms with Gasteiger partial charge < -0.3 is 10.5 Å². The predicted octanol–water partition coefficient (Wildman–Crippen LogP) is 0.733. The van der Waals surface area contributed by atoms with E-state index in [1.165, 1.54) is 0 Å². The zero-order valence-corrected chi connectivity index (χ0v) is 7.16. The number of aryl methyl sites for hydroxylation is 2. The molecule has 0 spiro atoms. The van der Waals surface area contributed by atoms with Crippen molar-refractivity contribution >= 4 is 5.97 Å². The van der Waals surface area contributed by atoms with Crippen LogP contribution in [-0.4, -0.2) is 22.3 Å². The molecule has 1 aromatic heterocycles. The molecule has 0 radical (unpaired) electrons. The van der Waals surface area contributed by atoms with Gasteiger partial charge in [0.25, 0.3) is 0 Å². The van der Waals surface area contributed by atoms with Crippen LogP contribution >= 0.6 is 0 Å². The Morgan fingerprint density at radius 2 is 2.00 bits per heavy atom. The number of nitrogens with zero attached hydrogens (tertiary/aromatic N) is 1. The summed E-state index contributed by atoms with van der Waals surface area (Å²) in [6, 6.07) is 3.87. The number of rotatable bonds is 3. The molecule has 0 saturated heterocycles. The van der Waals surface area contributed by atoms with Gasteiger partial charge >= 0.3 is 5.97 Å². The van der Waals surface area contributed by atoms with Crippen molar-refractivity contribution in [3.05, 3.63) is 23.5 Å². The second kappa shape index (κ2) is 3.30. The first kappa shape index (κ1) is 8.64. The van der Waals surface area contributed by atoms with E-state index in [0.717, 1.165) is 11.4 Å². The number of carbonyl (C=O) groups is 1. The number of nitrogens with one attached hydrogen (secondary N) is 1. The van der Waals surface area contributed by atoms with Crippen LogP contribution in [-0.2, 0) is 4.79 Å². The lowest BCUT2D eigenvalue weighted by atomic mass is 10.5. The topological polar surface area (TPSA) is 54.3 Å². The average molecular weight is 168 g/mol. The third kappa shape index (κ3) is 1.78. The Balaban J connectivity index is 2.68. The van der Waals surface area contributed by atoms with Gasteiger partial charge in [-0.25, -0.2) is 0 Å². The second-order valence-electron chi connectivity index (χ2n) is 2.68. The molecular weight excluding hydrogens is 156 g/mol. The van der Waals surface area contributed by atoms with Crippen LogP contribution in [0.15, 0.2) is 12.1 Å². The molecule has 0 aromatic carbocycles. The molecule has 1 aromatic rings. The third-order valence-corrected chi connectivity index (χ3v) is 1.66. The van der Waals surface area contributed by atoms with Crippen molar-refractivity contribution in [1.82, 2.24) is 4.68 Å². The van der Waals surface area contributed by atoms with Crippen molar-refractivity contribution in [1.29, 1.82) is 0 Å². The summed E-state index contributed by atoms with van der Waals surface area (Å²) >= 11 is 0. The quantitative estimate of drug-likeness (QED) is 0.699. The van der Waals surface area contributed by atoms with E-state index in [1.807, 2.05) is 26.0 Å². The SMILES string of the molecule is Cc1ccc(C)n1NCC(=O)O. The van der Waals surface area contributed by atoms with E-state index in [2.05, 4.69) is 5.43 Å². The molecule has 0 bridgehead atoms. The monoisotopic (exact) mass is 168 g/mol. The number of aliphatic carboxylic acids is 1. The summed E-state index contributed by atoms with van der Waals surface area (Å²) in [4.78, 5) is 10.2. The van der Waals surface area contributed by atoms with E-state index in [0.29, 0.717) is 0 Å². The molecule has 0 aliphatic carbocycles. The molecular formula is C8H12N2O2. The molecule has 0 aliphatic rings. The zero-order chi connectivity index (χ0) is 9.14. The number of aromatic nitrogens is 1. The summed E-state index contributed by atoms with van der Waals surface area (Å²) in [5, 5.41) is 8.42. The molecule has 4 nitrogen and oxygen atoms in total. The molecule has 1 heterocycles. The van der Waals surface area contributed by atoms with Crippen molar-refractivity contribution in [2.75, 3.05) is 12.0 Å². The van der Waals surface area contributed by atoms with Gasteiger partial charge in [0.15, 0.2) is 0 Å². The van der Waals surface area contributed by atoms with Crippen LogP contribution in [0.5, 0.6) is 0 Å². The molecule has 0 saturated carbocycles. The second-order valence-corrected chi connectivity index (χ2v) is 2.68. The maximum absolute atomic E-state index is 10.2. The molecule has 4 heteroatoms. The Hall–Kier alpha value is -1.45. The summed E-state index contributed by atoms with van der Waals surface area (Å²) < 4.78 is 1.76. The van der Waals surface area contributed by atoms with Crippen molar-refractivity contribution in [2.24, 2.45) is 0 Å². The molecule has 0 fully saturated rings. The van der Waals surface area contributed by atoms with Crippen LogP contribution in [0.2, 0.25) is 0 Å². The fraction of sp³-hybridized carbons (Fsp3) is 0.375. The minimum absolute atomic E-state index is 0.0592. The van der Waals surface area contributed by atoms with Crippen LogP contribution in [0, 0.1) is 13.8 Å². The Labute approximate surface area is 70.8 Å². The molecule has 2 N–H and O–H groups in total. The van der Waals surface area contributed by atoms with Gasteiger partial charge in [0.1, 0.15) is 6.54 Å². The van der Waals surface area contributed by atoms with Crippen LogP contribution in [0.1, 0.15) is 11.4 Å².